The lowest BCUT2D eigenvalue weighted by atomic mass is 10.0. The predicted octanol–water partition coefficient (Wildman–Crippen LogP) is 6.96. The number of hydrogen-bond acceptors (Lipinski definition) is 2. The number of anilines is 3. The summed E-state index contributed by atoms with van der Waals surface area (Å²) in [5.41, 5.74) is 9.96. The van der Waals surface area contributed by atoms with Crippen LogP contribution in [0, 0.1) is 6.92 Å². The van der Waals surface area contributed by atoms with Crippen LogP contribution in [0.1, 0.15) is 27.8 Å². The highest BCUT2D eigenvalue weighted by atomic mass is 14.9. The molecular weight excluding hydrogens is 364 g/mol. The molecule has 4 rings (SSSR count). The molecule has 0 aliphatic rings. The highest BCUT2D eigenvalue weighted by molar-refractivity contribution is 5.60. The van der Waals surface area contributed by atoms with Gasteiger partial charge in [-0.3, -0.25) is 0 Å². The number of hydrogen-bond donors (Lipinski definition) is 2. The lowest BCUT2D eigenvalue weighted by Crippen LogP contribution is -1.94. The third-order valence-corrected chi connectivity index (χ3v) is 5.38. The predicted molar refractivity (Wildman–Crippen MR) is 129 cm³/mol. The first-order chi connectivity index (χ1) is 14.7. The van der Waals surface area contributed by atoms with Crippen LogP contribution >= 0.6 is 0 Å². The van der Waals surface area contributed by atoms with Gasteiger partial charge >= 0.3 is 0 Å². The monoisotopic (exact) mass is 392 g/mol. The van der Waals surface area contributed by atoms with Crippen LogP contribution in [0.4, 0.5) is 17.1 Å². The zero-order chi connectivity index (χ0) is 20.8. The second-order valence-corrected chi connectivity index (χ2v) is 7.80. The van der Waals surface area contributed by atoms with E-state index >= 15 is 0 Å². The van der Waals surface area contributed by atoms with Crippen LogP contribution in [-0.2, 0) is 12.8 Å². The van der Waals surface area contributed by atoms with Crippen molar-refractivity contribution in [2.45, 2.75) is 19.8 Å². The van der Waals surface area contributed by atoms with Crippen molar-refractivity contribution in [1.82, 2.24) is 0 Å². The Morgan fingerprint density at radius 2 is 0.800 bits per heavy atom. The molecule has 0 saturated heterocycles. The summed E-state index contributed by atoms with van der Waals surface area (Å²) in [7, 11) is 1.94. The Labute approximate surface area is 179 Å². The van der Waals surface area contributed by atoms with Gasteiger partial charge in [0.1, 0.15) is 0 Å². The highest BCUT2D eigenvalue weighted by Crippen LogP contribution is 2.20. The summed E-state index contributed by atoms with van der Waals surface area (Å²) < 4.78 is 0. The van der Waals surface area contributed by atoms with Gasteiger partial charge in [-0.25, -0.2) is 0 Å². The minimum absolute atomic E-state index is 0.942. The Bertz CT molecular complexity index is 1060. The van der Waals surface area contributed by atoms with E-state index in [0.29, 0.717) is 0 Å². The van der Waals surface area contributed by atoms with Crippen LogP contribution in [-0.4, -0.2) is 7.05 Å². The first-order valence-electron chi connectivity index (χ1n) is 10.4. The normalized spacial score (nSPS) is 10.6. The number of benzene rings is 4. The molecular formula is C28H28N2. The minimum Gasteiger partial charge on any atom is -0.388 e. The average molecular weight is 393 g/mol. The van der Waals surface area contributed by atoms with Gasteiger partial charge in [0.05, 0.1) is 0 Å². The Morgan fingerprint density at radius 1 is 0.467 bits per heavy atom. The van der Waals surface area contributed by atoms with Gasteiger partial charge in [-0.2, -0.15) is 0 Å². The van der Waals surface area contributed by atoms with Gasteiger partial charge in [0.15, 0.2) is 0 Å². The maximum atomic E-state index is 3.50. The summed E-state index contributed by atoms with van der Waals surface area (Å²) in [6.45, 7) is 2.12. The van der Waals surface area contributed by atoms with Crippen molar-refractivity contribution in [1.29, 1.82) is 0 Å². The molecule has 0 aromatic heterocycles. The van der Waals surface area contributed by atoms with Gasteiger partial charge in [0.25, 0.3) is 0 Å². The maximum absolute atomic E-state index is 3.50. The second-order valence-electron chi connectivity index (χ2n) is 7.80. The van der Waals surface area contributed by atoms with E-state index in [1.807, 2.05) is 7.05 Å². The summed E-state index contributed by atoms with van der Waals surface area (Å²) >= 11 is 0. The molecule has 0 atom stereocenters. The second kappa shape index (κ2) is 9.32. The number of nitrogens with one attached hydrogen (secondary N) is 2. The van der Waals surface area contributed by atoms with Gasteiger partial charge in [-0.1, -0.05) is 66.2 Å². The minimum atomic E-state index is 0.942. The Morgan fingerprint density at radius 3 is 1.17 bits per heavy atom. The maximum Gasteiger partial charge on any atom is 0.0384 e. The van der Waals surface area contributed by atoms with Gasteiger partial charge in [-0.05, 0) is 78.4 Å². The quantitative estimate of drug-likeness (QED) is 0.355. The molecule has 2 heteroatoms. The first kappa shape index (κ1) is 19.8. The molecule has 0 unspecified atom stereocenters. The van der Waals surface area contributed by atoms with Crippen molar-refractivity contribution < 1.29 is 0 Å². The van der Waals surface area contributed by atoms with Gasteiger partial charge < -0.3 is 10.6 Å². The van der Waals surface area contributed by atoms with Crippen LogP contribution in [0.15, 0.2) is 97.1 Å². The summed E-state index contributed by atoms with van der Waals surface area (Å²) in [5.74, 6) is 0. The van der Waals surface area contributed by atoms with Crippen molar-refractivity contribution in [3.63, 3.8) is 0 Å². The number of aryl methyl sites for hydroxylation is 1. The molecule has 0 bridgehead atoms. The van der Waals surface area contributed by atoms with Crippen LogP contribution in [0.25, 0.3) is 0 Å². The van der Waals surface area contributed by atoms with E-state index in [9.17, 15) is 0 Å². The summed E-state index contributed by atoms with van der Waals surface area (Å²) in [4.78, 5) is 0. The van der Waals surface area contributed by atoms with Gasteiger partial charge in [-0.15, -0.1) is 0 Å². The van der Waals surface area contributed by atoms with E-state index in [4.69, 9.17) is 0 Å². The molecule has 4 aromatic carbocycles. The molecule has 30 heavy (non-hydrogen) atoms. The van der Waals surface area contributed by atoms with E-state index in [-0.39, 0.29) is 0 Å². The smallest absolute Gasteiger partial charge is 0.0384 e. The average Bonchev–Trinajstić information content (AvgIpc) is 2.78. The molecule has 0 aliphatic heterocycles. The van der Waals surface area contributed by atoms with Crippen LogP contribution in [0.5, 0.6) is 0 Å². The van der Waals surface area contributed by atoms with E-state index in [1.54, 1.807) is 0 Å². The van der Waals surface area contributed by atoms with Gasteiger partial charge in [0, 0.05) is 24.1 Å². The standard InChI is InChI=1S/C28H28N2/c1-21-3-5-22(6-4-21)19-24-9-15-27(16-10-24)30-28-17-11-25(12-18-28)20-23-7-13-26(29-2)14-8-23/h3-18,29-30H,19-20H2,1-2H3. The van der Waals surface area contributed by atoms with Crippen molar-refractivity contribution in [2.75, 3.05) is 17.7 Å². The van der Waals surface area contributed by atoms with Crippen LogP contribution in [0.2, 0.25) is 0 Å². The molecule has 0 fully saturated rings. The van der Waals surface area contributed by atoms with Crippen molar-refractivity contribution in [3.8, 4) is 0 Å². The van der Waals surface area contributed by atoms with Gasteiger partial charge in [0.2, 0.25) is 0 Å². The van der Waals surface area contributed by atoms with Crippen LogP contribution in [0.3, 0.4) is 0 Å². The third kappa shape index (κ3) is 5.30. The number of rotatable bonds is 7. The third-order valence-electron chi connectivity index (χ3n) is 5.38. The molecule has 0 aliphatic carbocycles. The summed E-state index contributed by atoms with van der Waals surface area (Å²) in [6, 6.07) is 34.7. The highest BCUT2D eigenvalue weighted by Gasteiger charge is 2.01. The van der Waals surface area contributed by atoms with Crippen LogP contribution < -0.4 is 10.6 Å². The fraction of sp³-hybridized carbons (Fsp3) is 0.143. The molecule has 150 valence electrons. The molecule has 0 amide bonds. The van der Waals surface area contributed by atoms with Crippen molar-refractivity contribution >= 4 is 17.1 Å². The Kier molecular flexibility index (Phi) is 6.14. The molecule has 0 saturated carbocycles. The SMILES string of the molecule is CNc1ccc(Cc2ccc(Nc3ccc(Cc4ccc(C)cc4)cc3)cc2)cc1. The molecule has 0 radical (unpaired) electrons. The first-order valence-corrected chi connectivity index (χ1v) is 10.4. The lowest BCUT2D eigenvalue weighted by Gasteiger charge is -2.09. The van der Waals surface area contributed by atoms with E-state index in [1.165, 1.54) is 27.8 Å². The Hall–Kier alpha value is -3.52. The lowest BCUT2D eigenvalue weighted by molar-refractivity contribution is 1.19. The molecule has 2 N–H and O–H groups in total. The van der Waals surface area contributed by atoms with E-state index < -0.39 is 0 Å². The van der Waals surface area contributed by atoms with Crippen molar-refractivity contribution in [3.05, 3.63) is 125 Å². The summed E-state index contributed by atoms with van der Waals surface area (Å²) in [5, 5.41) is 6.66. The Balaban J connectivity index is 1.35. The zero-order valence-corrected chi connectivity index (χ0v) is 17.7. The largest absolute Gasteiger partial charge is 0.388 e. The molecule has 0 spiro atoms. The zero-order valence-electron chi connectivity index (χ0n) is 17.7. The summed E-state index contributed by atoms with van der Waals surface area (Å²) in [6.07, 6.45) is 1.91. The fourth-order valence-electron chi connectivity index (χ4n) is 3.55. The molecule has 4 aromatic rings. The van der Waals surface area contributed by atoms with E-state index in [2.05, 4.69) is 115 Å². The molecule has 0 heterocycles. The fourth-order valence-corrected chi connectivity index (χ4v) is 3.55. The topological polar surface area (TPSA) is 24.1 Å². The molecule has 2 nitrogen and oxygen atoms in total. The van der Waals surface area contributed by atoms with Crippen molar-refractivity contribution in [2.24, 2.45) is 0 Å². The van der Waals surface area contributed by atoms with E-state index in [0.717, 1.165) is 29.9 Å².